The lowest BCUT2D eigenvalue weighted by atomic mass is 9.82. The lowest BCUT2D eigenvalue weighted by Gasteiger charge is -2.24. The molecule has 1 aromatic carbocycles. The Morgan fingerprint density at radius 1 is 1.00 bits per heavy atom. The first kappa shape index (κ1) is 8.11. The van der Waals surface area contributed by atoms with E-state index in [1.54, 1.807) is 0 Å². The lowest BCUT2D eigenvalue weighted by molar-refractivity contribution is 0.733. The summed E-state index contributed by atoms with van der Waals surface area (Å²) in [7, 11) is 0. The van der Waals surface area contributed by atoms with Gasteiger partial charge >= 0.3 is 0 Å². The van der Waals surface area contributed by atoms with E-state index in [4.69, 9.17) is 0 Å². The number of allylic oxidation sites excluding steroid dienone is 2. The molecule has 0 amide bonds. The maximum atomic E-state index is 3.05. The molecule has 2 rings (SSSR count). The summed E-state index contributed by atoms with van der Waals surface area (Å²) in [6.07, 6.45) is 8.30. The Bertz CT molecular complexity index is 323. The molecule has 1 aliphatic heterocycles. The van der Waals surface area contributed by atoms with Gasteiger partial charge in [0, 0.05) is 5.41 Å². The van der Waals surface area contributed by atoms with Gasteiger partial charge in [-0.05, 0) is 24.9 Å². The second kappa shape index (κ2) is 3.09. The van der Waals surface area contributed by atoms with Crippen LogP contribution in [0.25, 0.3) is 0 Å². The number of dihydropyridines is 1. The molecule has 0 radical (unpaired) electrons. The number of hydrogen-bond acceptors (Lipinski definition) is 1. The van der Waals surface area contributed by atoms with E-state index in [9.17, 15) is 0 Å². The van der Waals surface area contributed by atoms with E-state index in [0.717, 1.165) is 0 Å². The van der Waals surface area contributed by atoms with E-state index in [-0.39, 0.29) is 5.41 Å². The van der Waals surface area contributed by atoms with Gasteiger partial charge in [-0.15, -0.1) is 0 Å². The standard InChI is InChI=1S/C12H13N/c1-12(7-9-13-10-8-12)11-5-3-2-4-6-11/h2-10,13H,1H3. The van der Waals surface area contributed by atoms with Crippen molar-refractivity contribution >= 4 is 0 Å². The molecule has 0 bridgehead atoms. The fourth-order valence-electron chi connectivity index (χ4n) is 1.54. The average molecular weight is 171 g/mol. The number of rotatable bonds is 1. The van der Waals surface area contributed by atoms with Crippen molar-refractivity contribution in [3.8, 4) is 0 Å². The molecule has 1 nitrogen and oxygen atoms in total. The van der Waals surface area contributed by atoms with Crippen LogP contribution in [0.15, 0.2) is 54.9 Å². The van der Waals surface area contributed by atoms with Crippen LogP contribution in [-0.4, -0.2) is 0 Å². The molecular formula is C12H13N. The topological polar surface area (TPSA) is 12.0 Å². The summed E-state index contributed by atoms with van der Waals surface area (Å²) >= 11 is 0. The van der Waals surface area contributed by atoms with Crippen LogP contribution in [0.1, 0.15) is 12.5 Å². The normalized spacial score (nSPS) is 18.2. The van der Waals surface area contributed by atoms with Crippen LogP contribution in [-0.2, 0) is 5.41 Å². The lowest BCUT2D eigenvalue weighted by Crippen LogP contribution is -2.20. The van der Waals surface area contributed by atoms with E-state index < -0.39 is 0 Å². The minimum Gasteiger partial charge on any atom is -0.368 e. The van der Waals surface area contributed by atoms with Crippen molar-refractivity contribution < 1.29 is 0 Å². The molecule has 13 heavy (non-hydrogen) atoms. The molecule has 0 aliphatic carbocycles. The maximum absolute atomic E-state index is 3.05. The molecule has 66 valence electrons. The molecule has 0 saturated carbocycles. The van der Waals surface area contributed by atoms with Crippen molar-refractivity contribution in [3.63, 3.8) is 0 Å². The van der Waals surface area contributed by atoms with Crippen LogP contribution < -0.4 is 5.32 Å². The highest BCUT2D eigenvalue weighted by atomic mass is 14.8. The summed E-state index contributed by atoms with van der Waals surface area (Å²) in [5.74, 6) is 0. The van der Waals surface area contributed by atoms with Gasteiger partial charge in [0.15, 0.2) is 0 Å². The Morgan fingerprint density at radius 2 is 1.62 bits per heavy atom. The van der Waals surface area contributed by atoms with E-state index in [1.165, 1.54) is 5.56 Å². The van der Waals surface area contributed by atoms with Crippen LogP contribution in [0.4, 0.5) is 0 Å². The minimum atomic E-state index is 0.0481. The van der Waals surface area contributed by atoms with Crippen LogP contribution >= 0.6 is 0 Å². The third-order valence-corrected chi connectivity index (χ3v) is 2.45. The number of hydrogen-bond donors (Lipinski definition) is 1. The van der Waals surface area contributed by atoms with Crippen LogP contribution in [0.3, 0.4) is 0 Å². The van der Waals surface area contributed by atoms with E-state index in [0.29, 0.717) is 0 Å². The fourth-order valence-corrected chi connectivity index (χ4v) is 1.54. The largest absolute Gasteiger partial charge is 0.368 e. The van der Waals surface area contributed by atoms with Crippen molar-refractivity contribution in [2.45, 2.75) is 12.3 Å². The van der Waals surface area contributed by atoms with Crippen molar-refractivity contribution in [2.24, 2.45) is 0 Å². The molecule has 0 unspecified atom stereocenters. The molecule has 0 atom stereocenters. The number of nitrogens with one attached hydrogen (secondary N) is 1. The van der Waals surface area contributed by atoms with Gasteiger partial charge in [0.1, 0.15) is 0 Å². The molecule has 1 aliphatic rings. The summed E-state index contributed by atoms with van der Waals surface area (Å²) in [6, 6.07) is 10.5. The zero-order chi connectivity index (χ0) is 9.15. The summed E-state index contributed by atoms with van der Waals surface area (Å²) < 4.78 is 0. The van der Waals surface area contributed by atoms with E-state index >= 15 is 0 Å². The molecule has 1 heteroatoms. The molecule has 1 heterocycles. The Hall–Kier alpha value is -1.50. The zero-order valence-corrected chi connectivity index (χ0v) is 7.70. The van der Waals surface area contributed by atoms with Gasteiger partial charge in [0.2, 0.25) is 0 Å². The SMILES string of the molecule is CC1(c2ccccc2)C=CNC=C1. The van der Waals surface area contributed by atoms with Gasteiger partial charge < -0.3 is 5.32 Å². The van der Waals surface area contributed by atoms with Crippen molar-refractivity contribution in [3.05, 3.63) is 60.4 Å². The van der Waals surface area contributed by atoms with Gasteiger partial charge in [-0.2, -0.15) is 0 Å². The monoisotopic (exact) mass is 171 g/mol. The highest BCUT2D eigenvalue weighted by molar-refractivity contribution is 5.36. The van der Waals surface area contributed by atoms with Gasteiger partial charge in [-0.25, -0.2) is 0 Å². The molecule has 1 N–H and O–H groups in total. The Labute approximate surface area is 78.8 Å². The third kappa shape index (κ3) is 1.50. The van der Waals surface area contributed by atoms with Crippen LogP contribution in [0.2, 0.25) is 0 Å². The second-order valence-corrected chi connectivity index (χ2v) is 3.48. The van der Waals surface area contributed by atoms with Gasteiger partial charge in [-0.1, -0.05) is 42.5 Å². The number of benzene rings is 1. The first-order valence-corrected chi connectivity index (χ1v) is 4.48. The Kier molecular flexibility index (Phi) is 1.93. The average Bonchev–Trinajstić information content (AvgIpc) is 2.20. The van der Waals surface area contributed by atoms with Gasteiger partial charge in [0.25, 0.3) is 0 Å². The summed E-state index contributed by atoms with van der Waals surface area (Å²) in [4.78, 5) is 0. The Balaban J connectivity index is 2.39. The fraction of sp³-hybridized carbons (Fsp3) is 0.167. The Morgan fingerprint density at radius 3 is 2.23 bits per heavy atom. The smallest absolute Gasteiger partial charge is 0.0317 e. The minimum absolute atomic E-state index is 0.0481. The quantitative estimate of drug-likeness (QED) is 0.684. The summed E-state index contributed by atoms with van der Waals surface area (Å²) in [5.41, 5.74) is 1.37. The molecule has 1 aromatic rings. The van der Waals surface area contributed by atoms with E-state index in [2.05, 4.69) is 48.7 Å². The third-order valence-electron chi connectivity index (χ3n) is 2.45. The highest BCUT2D eigenvalue weighted by Crippen LogP contribution is 2.27. The predicted molar refractivity (Wildman–Crippen MR) is 55.2 cm³/mol. The van der Waals surface area contributed by atoms with Gasteiger partial charge in [0.05, 0.1) is 0 Å². The van der Waals surface area contributed by atoms with Crippen LogP contribution in [0, 0.1) is 0 Å². The second-order valence-electron chi connectivity index (χ2n) is 3.48. The van der Waals surface area contributed by atoms with Crippen molar-refractivity contribution in [2.75, 3.05) is 0 Å². The molecular weight excluding hydrogens is 158 g/mol. The zero-order valence-electron chi connectivity index (χ0n) is 7.70. The molecule has 0 fully saturated rings. The molecule has 0 spiro atoms. The highest BCUT2D eigenvalue weighted by Gasteiger charge is 2.20. The van der Waals surface area contributed by atoms with Gasteiger partial charge in [-0.3, -0.25) is 0 Å². The maximum Gasteiger partial charge on any atom is 0.0317 e. The van der Waals surface area contributed by atoms with Crippen molar-refractivity contribution in [1.29, 1.82) is 0 Å². The summed E-state index contributed by atoms with van der Waals surface area (Å²) in [5, 5.41) is 3.05. The molecule has 0 saturated heterocycles. The first-order valence-electron chi connectivity index (χ1n) is 4.48. The first-order chi connectivity index (χ1) is 6.31. The van der Waals surface area contributed by atoms with E-state index in [1.807, 2.05) is 18.5 Å². The predicted octanol–water partition coefficient (Wildman–Crippen LogP) is 2.57. The molecule has 0 aromatic heterocycles. The van der Waals surface area contributed by atoms with Crippen LogP contribution in [0.5, 0.6) is 0 Å². The van der Waals surface area contributed by atoms with Crippen molar-refractivity contribution in [1.82, 2.24) is 5.32 Å². The summed E-state index contributed by atoms with van der Waals surface area (Å²) in [6.45, 7) is 2.20.